The number of amidine groups is 1. The number of hydrazone groups is 1. The van der Waals surface area contributed by atoms with Crippen molar-refractivity contribution in [2.24, 2.45) is 16.8 Å². The van der Waals surface area contributed by atoms with Crippen molar-refractivity contribution in [2.45, 2.75) is 57.7 Å². The van der Waals surface area contributed by atoms with Crippen LogP contribution in [0.2, 0.25) is 0 Å². The third-order valence-electron chi connectivity index (χ3n) is 7.10. The summed E-state index contributed by atoms with van der Waals surface area (Å²) in [7, 11) is 1.88. The number of aromatic nitrogens is 2. The Morgan fingerprint density at radius 1 is 1.27 bits per heavy atom. The van der Waals surface area contributed by atoms with Crippen LogP contribution in [0.4, 0.5) is 10.6 Å². The number of hydrogen-bond donors (Lipinski definition) is 4. The molecule has 2 aromatic rings. The van der Waals surface area contributed by atoms with E-state index in [-0.39, 0.29) is 30.0 Å². The van der Waals surface area contributed by atoms with Gasteiger partial charge in [0.2, 0.25) is 0 Å². The van der Waals surface area contributed by atoms with Crippen molar-refractivity contribution in [2.75, 3.05) is 25.5 Å². The fourth-order valence-electron chi connectivity index (χ4n) is 4.77. The quantitative estimate of drug-likeness (QED) is 0.195. The number of nitrogens with two attached hydrogens (primary N) is 2. The summed E-state index contributed by atoms with van der Waals surface area (Å²) < 4.78 is 0. The molecule has 12 nitrogen and oxygen atoms in total. The lowest BCUT2D eigenvalue weighted by atomic mass is 10.0. The number of anilines is 1. The van der Waals surface area contributed by atoms with Crippen LogP contribution in [-0.4, -0.2) is 79.9 Å². The average molecular weight is 510 g/mol. The highest BCUT2D eigenvalue weighted by Gasteiger charge is 2.29. The highest BCUT2D eigenvalue weighted by molar-refractivity contribution is 6.03. The molecule has 3 amide bonds. The minimum Gasteiger partial charge on any atom is -0.394 e. The molecule has 0 radical (unpaired) electrons. The van der Waals surface area contributed by atoms with Crippen molar-refractivity contribution in [1.82, 2.24) is 24.8 Å². The van der Waals surface area contributed by atoms with Gasteiger partial charge in [-0.1, -0.05) is 18.9 Å². The second-order valence-electron chi connectivity index (χ2n) is 9.60. The number of hydrogen-bond acceptors (Lipinski definition) is 8. The Labute approximate surface area is 216 Å². The van der Waals surface area contributed by atoms with Crippen molar-refractivity contribution < 1.29 is 14.7 Å². The maximum Gasteiger partial charge on any atom is 0.320 e. The molecule has 1 aliphatic heterocycles. The van der Waals surface area contributed by atoms with E-state index < -0.39 is 11.9 Å². The molecule has 2 aromatic heterocycles. The fraction of sp³-hybridized carbons (Fsp3) is 0.480. The zero-order valence-corrected chi connectivity index (χ0v) is 21.3. The summed E-state index contributed by atoms with van der Waals surface area (Å²) in [5.74, 6) is 11.5. The second kappa shape index (κ2) is 11.5. The summed E-state index contributed by atoms with van der Waals surface area (Å²) in [5, 5.41) is 17.0. The molecule has 1 atom stereocenters. The van der Waals surface area contributed by atoms with E-state index in [1.807, 2.05) is 16.8 Å². The minimum atomic E-state index is -0.438. The Hall–Kier alpha value is -3.77. The topological polar surface area (TPSA) is 166 Å². The molecule has 37 heavy (non-hydrogen) atoms. The SMILES string of the molecule is CC(CO)N(N)/C(=N\N)c1cccc(NC(=O)c2cc3c(cn2)CCN(C(=O)N(C)C2CCCC2)C3)n1. The van der Waals surface area contributed by atoms with Crippen molar-refractivity contribution in [3.8, 4) is 0 Å². The molecular weight excluding hydrogens is 474 g/mol. The summed E-state index contributed by atoms with van der Waals surface area (Å²) in [6.07, 6.45) is 6.84. The smallest absolute Gasteiger partial charge is 0.320 e. The van der Waals surface area contributed by atoms with Gasteiger partial charge in [0.05, 0.1) is 12.6 Å². The molecule has 0 aromatic carbocycles. The number of pyridine rings is 2. The zero-order chi connectivity index (χ0) is 26.5. The monoisotopic (exact) mass is 509 g/mol. The van der Waals surface area contributed by atoms with Crippen molar-refractivity contribution in [3.63, 3.8) is 0 Å². The maximum atomic E-state index is 13.1. The van der Waals surface area contributed by atoms with Crippen LogP contribution in [0.3, 0.4) is 0 Å². The standard InChI is InChI=1S/C25H35N9O3/c1-16(15-35)34(27)23(31-26)20-8-5-9-22(29-20)30-24(36)21-12-18-14-33(11-10-17(18)13-28-21)25(37)32(2)19-6-3-4-7-19/h5,8-9,12-13,16,19,35H,3-4,6-7,10-11,14-15,26-27H2,1-2H3,(H,29,30,36)/b31-23-. The molecule has 0 saturated heterocycles. The van der Waals surface area contributed by atoms with E-state index in [2.05, 4.69) is 20.4 Å². The van der Waals surface area contributed by atoms with Crippen LogP contribution in [0.25, 0.3) is 0 Å². The number of urea groups is 1. The zero-order valence-electron chi connectivity index (χ0n) is 21.3. The number of aliphatic hydroxyl groups is 1. The van der Waals surface area contributed by atoms with Gasteiger partial charge in [0, 0.05) is 32.4 Å². The van der Waals surface area contributed by atoms with Crippen LogP contribution in [0, 0.1) is 0 Å². The first-order valence-electron chi connectivity index (χ1n) is 12.5. The lowest BCUT2D eigenvalue weighted by molar-refractivity contribution is 0.102. The molecule has 1 unspecified atom stereocenters. The van der Waals surface area contributed by atoms with Gasteiger partial charge in [-0.15, -0.1) is 0 Å². The number of nitrogens with one attached hydrogen (secondary N) is 1. The summed E-state index contributed by atoms with van der Waals surface area (Å²) >= 11 is 0. The van der Waals surface area contributed by atoms with E-state index in [4.69, 9.17) is 11.7 Å². The Morgan fingerprint density at radius 3 is 2.73 bits per heavy atom. The van der Waals surface area contributed by atoms with Gasteiger partial charge in [-0.05, 0) is 55.5 Å². The van der Waals surface area contributed by atoms with Gasteiger partial charge in [0.15, 0.2) is 5.84 Å². The molecule has 198 valence electrons. The van der Waals surface area contributed by atoms with Crippen LogP contribution in [-0.2, 0) is 13.0 Å². The molecule has 2 aliphatic rings. The molecule has 3 heterocycles. The van der Waals surface area contributed by atoms with Crippen LogP contribution in [0.1, 0.15) is 59.9 Å². The van der Waals surface area contributed by atoms with Crippen LogP contribution >= 0.6 is 0 Å². The Morgan fingerprint density at radius 2 is 2.03 bits per heavy atom. The largest absolute Gasteiger partial charge is 0.394 e. The van der Waals surface area contributed by atoms with Crippen LogP contribution in [0.15, 0.2) is 35.6 Å². The summed E-state index contributed by atoms with van der Waals surface area (Å²) in [5.41, 5.74) is 2.51. The minimum absolute atomic E-state index is 0.0308. The predicted octanol–water partition coefficient (Wildman–Crippen LogP) is 1.26. The Bertz CT molecular complexity index is 1170. The first kappa shape index (κ1) is 26.3. The number of nitrogens with zero attached hydrogens (tertiary/aromatic N) is 6. The second-order valence-corrected chi connectivity index (χ2v) is 9.60. The molecule has 6 N–H and O–H groups in total. The van der Waals surface area contributed by atoms with Crippen LogP contribution < -0.4 is 17.0 Å². The first-order valence-corrected chi connectivity index (χ1v) is 12.5. The summed E-state index contributed by atoms with van der Waals surface area (Å²) in [6.45, 7) is 2.58. The molecular formula is C25H35N9O3. The Kier molecular flexibility index (Phi) is 8.19. The number of amides is 3. The lowest BCUT2D eigenvalue weighted by Gasteiger charge is -2.34. The first-order chi connectivity index (χ1) is 17.8. The van der Waals surface area contributed by atoms with E-state index in [0.717, 1.165) is 24.0 Å². The fourth-order valence-corrected chi connectivity index (χ4v) is 4.77. The number of fused-ring (bicyclic) bond motifs is 1. The molecule has 12 heteroatoms. The Balaban J connectivity index is 1.46. The molecule has 1 fully saturated rings. The van der Waals surface area contributed by atoms with Gasteiger partial charge in [0.1, 0.15) is 17.2 Å². The number of rotatable bonds is 6. The van der Waals surface area contributed by atoms with Crippen molar-refractivity contribution in [3.05, 3.63) is 53.0 Å². The number of hydrazine groups is 1. The van der Waals surface area contributed by atoms with E-state index in [9.17, 15) is 14.7 Å². The highest BCUT2D eigenvalue weighted by atomic mass is 16.3. The van der Waals surface area contributed by atoms with E-state index >= 15 is 0 Å². The molecule has 1 aliphatic carbocycles. The van der Waals surface area contributed by atoms with Gasteiger partial charge < -0.3 is 26.1 Å². The number of aliphatic hydroxyl groups excluding tert-OH is 1. The molecule has 1 saturated carbocycles. The van der Waals surface area contributed by atoms with Crippen molar-refractivity contribution >= 4 is 23.6 Å². The van der Waals surface area contributed by atoms with Crippen LogP contribution in [0.5, 0.6) is 0 Å². The lowest BCUT2D eigenvalue weighted by Crippen LogP contribution is -2.47. The maximum absolute atomic E-state index is 13.1. The summed E-state index contributed by atoms with van der Waals surface area (Å²) in [6, 6.07) is 6.60. The third kappa shape index (κ3) is 5.81. The van der Waals surface area contributed by atoms with Gasteiger partial charge >= 0.3 is 6.03 Å². The van der Waals surface area contributed by atoms with Gasteiger partial charge in [0.25, 0.3) is 5.91 Å². The van der Waals surface area contributed by atoms with Crippen molar-refractivity contribution in [1.29, 1.82) is 0 Å². The summed E-state index contributed by atoms with van der Waals surface area (Å²) in [4.78, 5) is 38.5. The molecule has 4 rings (SSSR count). The van der Waals surface area contributed by atoms with Gasteiger partial charge in [-0.3, -0.25) is 14.8 Å². The molecule has 0 bridgehead atoms. The third-order valence-corrected chi connectivity index (χ3v) is 7.10. The number of carbonyl (C=O) groups excluding carboxylic acids is 2. The normalized spacial score (nSPS) is 16.8. The molecule has 0 spiro atoms. The van der Waals surface area contributed by atoms with E-state index in [0.29, 0.717) is 31.2 Å². The van der Waals surface area contributed by atoms with Gasteiger partial charge in [-0.25, -0.2) is 15.6 Å². The number of carbonyl (C=O) groups is 2. The van der Waals surface area contributed by atoms with Gasteiger partial charge in [-0.2, -0.15) is 5.10 Å². The highest BCUT2D eigenvalue weighted by Crippen LogP contribution is 2.25. The van der Waals surface area contributed by atoms with E-state index in [1.165, 1.54) is 17.9 Å². The van der Waals surface area contributed by atoms with E-state index in [1.54, 1.807) is 37.4 Å². The predicted molar refractivity (Wildman–Crippen MR) is 139 cm³/mol. The average Bonchev–Trinajstić information content (AvgIpc) is 3.47.